The molecule has 2 aliphatic carbocycles. The third-order valence-corrected chi connectivity index (χ3v) is 8.20. The molecule has 2 saturated carbocycles. The highest BCUT2D eigenvalue weighted by Crippen LogP contribution is 2.69. The Morgan fingerprint density at radius 2 is 1.89 bits per heavy atom. The van der Waals surface area contributed by atoms with E-state index < -0.39 is 52.2 Å². The summed E-state index contributed by atoms with van der Waals surface area (Å²) in [5.74, 6) is -1.13. The minimum atomic E-state index is -1.66. The van der Waals surface area contributed by atoms with E-state index in [9.17, 15) is 25.2 Å². The Balaban J connectivity index is 1.87. The van der Waals surface area contributed by atoms with Crippen molar-refractivity contribution in [2.75, 3.05) is 0 Å². The fourth-order valence-corrected chi connectivity index (χ4v) is 6.09. The van der Waals surface area contributed by atoms with E-state index in [0.717, 1.165) is 0 Å². The SMILES string of the molecule is CC1C(O)CC2(C)C(C)(O)C(O)CCC2(O)C12CC(c1ccoc1)OC2=O. The van der Waals surface area contributed by atoms with Crippen LogP contribution in [0.2, 0.25) is 0 Å². The minimum Gasteiger partial charge on any atom is -0.472 e. The second kappa shape index (κ2) is 5.56. The maximum absolute atomic E-state index is 13.2. The summed E-state index contributed by atoms with van der Waals surface area (Å²) < 4.78 is 10.8. The molecule has 150 valence electrons. The summed E-state index contributed by atoms with van der Waals surface area (Å²) >= 11 is 0. The number of fused-ring (bicyclic) bond motifs is 2. The third kappa shape index (κ3) is 2.03. The van der Waals surface area contributed by atoms with Crippen molar-refractivity contribution in [2.24, 2.45) is 16.7 Å². The normalized spacial score (nSPS) is 52.6. The summed E-state index contributed by atoms with van der Waals surface area (Å²) in [6.07, 6.45) is 0.999. The van der Waals surface area contributed by atoms with Crippen molar-refractivity contribution < 1.29 is 34.4 Å². The Labute approximate surface area is 157 Å². The monoisotopic (exact) mass is 380 g/mol. The van der Waals surface area contributed by atoms with Gasteiger partial charge in [0.05, 0.1) is 35.9 Å². The van der Waals surface area contributed by atoms with Gasteiger partial charge in [-0.3, -0.25) is 4.79 Å². The molecule has 8 unspecified atom stereocenters. The van der Waals surface area contributed by atoms with Gasteiger partial charge in [0.25, 0.3) is 0 Å². The molecular formula is C20H28O7. The lowest BCUT2D eigenvalue weighted by Gasteiger charge is -2.67. The Hall–Kier alpha value is -1.41. The van der Waals surface area contributed by atoms with Gasteiger partial charge in [-0.15, -0.1) is 0 Å². The number of carbonyl (C=O) groups is 1. The van der Waals surface area contributed by atoms with Crippen LogP contribution in [0.25, 0.3) is 0 Å². The van der Waals surface area contributed by atoms with E-state index in [-0.39, 0.29) is 25.7 Å². The molecule has 7 nitrogen and oxygen atoms in total. The van der Waals surface area contributed by atoms with Crippen LogP contribution in [0.4, 0.5) is 0 Å². The molecule has 27 heavy (non-hydrogen) atoms. The van der Waals surface area contributed by atoms with E-state index in [2.05, 4.69) is 0 Å². The van der Waals surface area contributed by atoms with E-state index in [1.807, 2.05) is 0 Å². The first kappa shape index (κ1) is 18.9. The number of hydrogen-bond donors (Lipinski definition) is 4. The quantitative estimate of drug-likeness (QED) is 0.542. The van der Waals surface area contributed by atoms with Crippen LogP contribution in [-0.2, 0) is 9.53 Å². The van der Waals surface area contributed by atoms with E-state index in [4.69, 9.17) is 9.15 Å². The van der Waals surface area contributed by atoms with E-state index in [0.29, 0.717) is 5.56 Å². The summed E-state index contributed by atoms with van der Waals surface area (Å²) in [5, 5.41) is 44.5. The summed E-state index contributed by atoms with van der Waals surface area (Å²) in [6, 6.07) is 1.71. The standard InChI is InChI=1S/C20H28O7/c1-11-13(21)8-17(2)18(3,24)15(22)4-6-20(17,25)19(11)9-14(27-16(19)23)12-5-7-26-10-12/h5,7,10-11,13-15,21-22,24-25H,4,6,8-9H2,1-3H3. The predicted octanol–water partition coefficient (Wildman–Crippen LogP) is 1.30. The Bertz CT molecular complexity index is 744. The summed E-state index contributed by atoms with van der Waals surface area (Å²) in [5.41, 5.74) is -5.27. The molecule has 1 aromatic rings. The van der Waals surface area contributed by atoms with Crippen LogP contribution in [0.15, 0.2) is 23.0 Å². The fraction of sp³-hybridized carbons (Fsp3) is 0.750. The van der Waals surface area contributed by atoms with Crippen molar-refractivity contribution in [3.8, 4) is 0 Å². The van der Waals surface area contributed by atoms with Crippen molar-refractivity contribution >= 4 is 5.97 Å². The zero-order chi connectivity index (χ0) is 19.8. The van der Waals surface area contributed by atoms with Gasteiger partial charge in [0.1, 0.15) is 11.5 Å². The number of esters is 1. The Kier molecular flexibility index (Phi) is 3.90. The molecule has 1 aliphatic heterocycles. The third-order valence-electron chi connectivity index (χ3n) is 8.20. The van der Waals surface area contributed by atoms with Crippen LogP contribution in [0.1, 0.15) is 58.1 Å². The zero-order valence-corrected chi connectivity index (χ0v) is 15.9. The van der Waals surface area contributed by atoms with Gasteiger partial charge >= 0.3 is 5.97 Å². The molecule has 1 aromatic heterocycles. The van der Waals surface area contributed by atoms with Gasteiger partial charge in [-0.2, -0.15) is 0 Å². The van der Waals surface area contributed by atoms with Gasteiger partial charge in [-0.1, -0.05) is 13.8 Å². The zero-order valence-electron chi connectivity index (χ0n) is 15.9. The smallest absolute Gasteiger partial charge is 0.316 e. The van der Waals surface area contributed by atoms with Crippen molar-refractivity contribution in [3.05, 3.63) is 24.2 Å². The number of aliphatic hydroxyl groups excluding tert-OH is 2. The van der Waals surface area contributed by atoms with Crippen LogP contribution in [-0.4, -0.2) is 49.8 Å². The molecule has 2 heterocycles. The van der Waals surface area contributed by atoms with Gasteiger partial charge in [-0.25, -0.2) is 0 Å². The molecule has 4 rings (SSSR count). The number of rotatable bonds is 1. The number of carbonyl (C=O) groups excluding carboxylic acids is 1. The molecule has 1 spiro atoms. The lowest BCUT2D eigenvalue weighted by Crippen LogP contribution is -2.78. The van der Waals surface area contributed by atoms with Crippen LogP contribution in [0.5, 0.6) is 0 Å². The van der Waals surface area contributed by atoms with Gasteiger partial charge in [0, 0.05) is 23.3 Å². The van der Waals surface area contributed by atoms with Crippen molar-refractivity contribution in [1.82, 2.24) is 0 Å². The van der Waals surface area contributed by atoms with Crippen LogP contribution >= 0.6 is 0 Å². The molecule has 4 N–H and O–H groups in total. The van der Waals surface area contributed by atoms with Crippen molar-refractivity contribution in [1.29, 1.82) is 0 Å². The second-order valence-electron chi connectivity index (χ2n) is 9.08. The maximum Gasteiger partial charge on any atom is 0.316 e. The highest BCUT2D eigenvalue weighted by atomic mass is 16.6. The molecule has 0 bridgehead atoms. The van der Waals surface area contributed by atoms with Gasteiger partial charge in [-0.05, 0) is 32.3 Å². The molecule has 0 aromatic carbocycles. The van der Waals surface area contributed by atoms with Gasteiger partial charge in [0.15, 0.2) is 0 Å². The first-order valence-electron chi connectivity index (χ1n) is 9.55. The van der Waals surface area contributed by atoms with Crippen molar-refractivity contribution in [2.45, 2.75) is 76.0 Å². The predicted molar refractivity (Wildman–Crippen MR) is 93.3 cm³/mol. The molecular weight excluding hydrogens is 352 g/mol. The molecule has 3 aliphatic rings. The Morgan fingerprint density at radius 1 is 1.19 bits per heavy atom. The van der Waals surface area contributed by atoms with Gasteiger partial charge in [0.2, 0.25) is 0 Å². The lowest BCUT2D eigenvalue weighted by atomic mass is 9.39. The second-order valence-corrected chi connectivity index (χ2v) is 9.08. The molecule has 0 amide bonds. The number of aliphatic hydroxyl groups is 4. The fourth-order valence-electron chi connectivity index (χ4n) is 6.09. The number of furan rings is 1. The molecule has 8 atom stereocenters. The number of hydrogen-bond acceptors (Lipinski definition) is 7. The summed E-state index contributed by atoms with van der Waals surface area (Å²) in [6.45, 7) is 4.89. The average Bonchev–Trinajstić information content (AvgIpc) is 3.24. The highest BCUT2D eigenvalue weighted by Gasteiger charge is 2.78. The molecule has 0 radical (unpaired) electrons. The number of cyclic esters (lactones) is 1. The lowest BCUT2D eigenvalue weighted by molar-refractivity contribution is -0.321. The first-order chi connectivity index (χ1) is 12.5. The summed E-state index contributed by atoms with van der Waals surface area (Å²) in [7, 11) is 0. The van der Waals surface area contributed by atoms with Crippen LogP contribution < -0.4 is 0 Å². The van der Waals surface area contributed by atoms with Crippen LogP contribution in [0.3, 0.4) is 0 Å². The molecule has 7 heteroatoms. The van der Waals surface area contributed by atoms with Gasteiger partial charge < -0.3 is 29.6 Å². The van der Waals surface area contributed by atoms with Crippen LogP contribution in [0, 0.1) is 16.7 Å². The van der Waals surface area contributed by atoms with E-state index >= 15 is 0 Å². The maximum atomic E-state index is 13.2. The van der Waals surface area contributed by atoms with E-state index in [1.54, 1.807) is 19.9 Å². The minimum absolute atomic E-state index is 0.0835. The first-order valence-corrected chi connectivity index (χ1v) is 9.55. The highest BCUT2D eigenvalue weighted by molar-refractivity contribution is 5.82. The average molecular weight is 380 g/mol. The Morgan fingerprint density at radius 3 is 2.52 bits per heavy atom. The topological polar surface area (TPSA) is 120 Å². The largest absolute Gasteiger partial charge is 0.472 e. The number of ether oxygens (including phenoxy) is 1. The molecule has 3 fully saturated rings. The van der Waals surface area contributed by atoms with Crippen molar-refractivity contribution in [3.63, 3.8) is 0 Å². The molecule has 1 saturated heterocycles. The van der Waals surface area contributed by atoms with E-state index in [1.165, 1.54) is 19.5 Å². The summed E-state index contributed by atoms with van der Waals surface area (Å²) in [4.78, 5) is 13.2.